The fourth-order valence-corrected chi connectivity index (χ4v) is 2.50. The van der Waals surface area contributed by atoms with E-state index in [-0.39, 0.29) is 21.6 Å². The van der Waals surface area contributed by atoms with Gasteiger partial charge in [0, 0.05) is 25.1 Å². The summed E-state index contributed by atoms with van der Waals surface area (Å²) in [5.74, 6) is 0.00361. The van der Waals surface area contributed by atoms with Gasteiger partial charge in [-0.1, -0.05) is 6.07 Å². The predicted octanol–water partition coefficient (Wildman–Crippen LogP) is 2.12. The molecule has 6 nitrogen and oxygen atoms in total. The molecule has 2 rings (SSSR count). The Kier molecular flexibility index (Phi) is 4.49. The summed E-state index contributed by atoms with van der Waals surface area (Å²) in [6, 6.07) is 4.40. The molecule has 1 saturated heterocycles. The van der Waals surface area contributed by atoms with Gasteiger partial charge in [-0.3, -0.25) is 14.9 Å². The Morgan fingerprint density at radius 3 is 3.00 bits per heavy atom. The second-order valence-corrected chi connectivity index (χ2v) is 5.13. The number of carbonyl (C=O) groups excluding carboxylic acids is 1. The van der Waals surface area contributed by atoms with Crippen LogP contribution in [-0.2, 0) is 4.74 Å². The molecular formula is C12H13BrN2O4. The Balaban J connectivity index is 2.06. The second kappa shape index (κ2) is 6.12. The highest BCUT2D eigenvalue weighted by molar-refractivity contribution is 9.10. The number of halogens is 1. The van der Waals surface area contributed by atoms with Crippen molar-refractivity contribution in [2.45, 2.75) is 6.42 Å². The fourth-order valence-electron chi connectivity index (χ4n) is 1.91. The number of carbonyl (C=O) groups is 1. The number of ether oxygens (including phenoxy) is 1. The van der Waals surface area contributed by atoms with Crippen LogP contribution in [0.2, 0.25) is 0 Å². The summed E-state index contributed by atoms with van der Waals surface area (Å²) < 4.78 is 5.43. The van der Waals surface area contributed by atoms with Crippen molar-refractivity contribution in [2.75, 3.05) is 19.8 Å². The molecule has 1 aliphatic rings. The van der Waals surface area contributed by atoms with Crippen molar-refractivity contribution in [1.29, 1.82) is 0 Å². The number of nitro groups is 1. The van der Waals surface area contributed by atoms with Crippen molar-refractivity contribution in [3.63, 3.8) is 0 Å². The van der Waals surface area contributed by atoms with E-state index in [1.165, 1.54) is 12.1 Å². The van der Waals surface area contributed by atoms with Crippen LogP contribution in [0, 0.1) is 16.0 Å². The lowest BCUT2D eigenvalue weighted by Gasteiger charge is -2.10. The highest BCUT2D eigenvalue weighted by Crippen LogP contribution is 2.28. The van der Waals surface area contributed by atoms with Gasteiger partial charge in [-0.15, -0.1) is 0 Å². The highest BCUT2D eigenvalue weighted by atomic mass is 79.9. The molecule has 0 bridgehead atoms. The van der Waals surface area contributed by atoms with Crippen LogP contribution in [0.1, 0.15) is 16.8 Å². The van der Waals surface area contributed by atoms with Crippen LogP contribution in [0.5, 0.6) is 0 Å². The van der Waals surface area contributed by atoms with Crippen LogP contribution in [0.4, 0.5) is 5.69 Å². The van der Waals surface area contributed by atoms with Gasteiger partial charge in [0.05, 0.1) is 17.1 Å². The van der Waals surface area contributed by atoms with E-state index >= 15 is 0 Å². The summed E-state index contributed by atoms with van der Waals surface area (Å²) in [6.45, 7) is 1.89. The lowest BCUT2D eigenvalue weighted by atomic mass is 10.1. The Morgan fingerprint density at radius 2 is 2.37 bits per heavy atom. The van der Waals surface area contributed by atoms with E-state index in [9.17, 15) is 14.9 Å². The van der Waals surface area contributed by atoms with Crippen LogP contribution in [0.15, 0.2) is 22.7 Å². The molecule has 1 N–H and O–H groups in total. The fraction of sp³-hybridized carbons (Fsp3) is 0.417. The molecule has 1 heterocycles. The van der Waals surface area contributed by atoms with E-state index in [0.717, 1.165) is 13.0 Å². The first-order valence-electron chi connectivity index (χ1n) is 5.88. The Morgan fingerprint density at radius 1 is 1.58 bits per heavy atom. The highest BCUT2D eigenvalue weighted by Gasteiger charge is 2.21. The van der Waals surface area contributed by atoms with Crippen LogP contribution in [-0.4, -0.2) is 30.6 Å². The number of benzene rings is 1. The molecule has 1 atom stereocenters. The molecule has 0 saturated carbocycles. The standard InChI is InChI=1S/C12H13BrN2O4/c13-11-9(2-1-3-10(11)15(17)18)12(16)14-6-8-4-5-19-7-8/h1-3,8H,4-7H2,(H,14,16). The third-order valence-corrected chi connectivity index (χ3v) is 3.83. The summed E-state index contributed by atoms with van der Waals surface area (Å²) in [5, 5.41) is 13.6. The van der Waals surface area contributed by atoms with Gasteiger partial charge in [0.2, 0.25) is 0 Å². The molecule has 0 radical (unpaired) electrons. The van der Waals surface area contributed by atoms with Crippen molar-refractivity contribution >= 4 is 27.5 Å². The summed E-state index contributed by atoms with van der Waals surface area (Å²) in [5.41, 5.74) is 0.157. The molecule has 1 aromatic carbocycles. The van der Waals surface area contributed by atoms with Crippen LogP contribution >= 0.6 is 15.9 Å². The summed E-state index contributed by atoms with van der Waals surface area (Å²) in [4.78, 5) is 22.3. The van der Waals surface area contributed by atoms with E-state index < -0.39 is 4.92 Å². The quantitative estimate of drug-likeness (QED) is 0.678. The zero-order valence-corrected chi connectivity index (χ0v) is 11.7. The average Bonchev–Trinajstić information content (AvgIpc) is 2.89. The van der Waals surface area contributed by atoms with Crippen molar-refractivity contribution in [3.8, 4) is 0 Å². The molecular weight excluding hydrogens is 316 g/mol. The average molecular weight is 329 g/mol. The van der Waals surface area contributed by atoms with E-state index in [1.54, 1.807) is 6.07 Å². The van der Waals surface area contributed by atoms with Gasteiger partial charge >= 0.3 is 0 Å². The first kappa shape index (κ1) is 14.0. The van der Waals surface area contributed by atoms with Gasteiger partial charge in [0.25, 0.3) is 11.6 Å². The Labute approximate surface area is 118 Å². The second-order valence-electron chi connectivity index (χ2n) is 4.34. The zero-order valence-electron chi connectivity index (χ0n) is 10.1. The first-order valence-corrected chi connectivity index (χ1v) is 6.67. The molecule has 1 amide bonds. The molecule has 102 valence electrons. The smallest absolute Gasteiger partial charge is 0.284 e. The van der Waals surface area contributed by atoms with E-state index in [4.69, 9.17) is 4.74 Å². The lowest BCUT2D eigenvalue weighted by molar-refractivity contribution is -0.385. The van der Waals surface area contributed by atoms with Crippen molar-refractivity contribution in [2.24, 2.45) is 5.92 Å². The summed E-state index contributed by atoms with van der Waals surface area (Å²) in [6.07, 6.45) is 0.927. The normalized spacial score (nSPS) is 18.3. The van der Waals surface area contributed by atoms with Gasteiger partial charge < -0.3 is 10.1 Å². The van der Waals surface area contributed by atoms with Gasteiger partial charge in [-0.2, -0.15) is 0 Å². The molecule has 0 aromatic heterocycles. The van der Waals surface area contributed by atoms with Gasteiger partial charge in [0.1, 0.15) is 4.47 Å². The first-order chi connectivity index (χ1) is 9.09. The Bertz CT molecular complexity index is 501. The Hall–Kier alpha value is -1.47. The monoisotopic (exact) mass is 328 g/mol. The molecule has 19 heavy (non-hydrogen) atoms. The minimum Gasteiger partial charge on any atom is -0.381 e. The van der Waals surface area contributed by atoms with Gasteiger partial charge in [-0.25, -0.2) is 0 Å². The summed E-state index contributed by atoms with van der Waals surface area (Å²) in [7, 11) is 0. The summed E-state index contributed by atoms with van der Waals surface area (Å²) >= 11 is 3.11. The number of nitrogens with zero attached hydrogens (tertiary/aromatic N) is 1. The van der Waals surface area contributed by atoms with E-state index in [2.05, 4.69) is 21.2 Å². The molecule has 7 heteroatoms. The van der Waals surface area contributed by atoms with Gasteiger partial charge in [-0.05, 0) is 28.4 Å². The minimum absolute atomic E-state index is 0.114. The number of hydrogen-bond donors (Lipinski definition) is 1. The van der Waals surface area contributed by atoms with Gasteiger partial charge in [0.15, 0.2) is 0 Å². The number of nitrogens with one attached hydrogen (secondary N) is 1. The maximum atomic E-state index is 12.0. The van der Waals surface area contributed by atoms with Crippen LogP contribution < -0.4 is 5.32 Å². The maximum absolute atomic E-state index is 12.0. The topological polar surface area (TPSA) is 81.5 Å². The number of nitro benzene ring substituents is 1. The minimum atomic E-state index is -0.522. The number of amides is 1. The lowest BCUT2D eigenvalue weighted by Crippen LogP contribution is -2.29. The van der Waals surface area contributed by atoms with E-state index in [1.807, 2.05) is 0 Å². The van der Waals surface area contributed by atoms with Crippen molar-refractivity contribution in [3.05, 3.63) is 38.3 Å². The molecule has 1 aromatic rings. The third-order valence-electron chi connectivity index (χ3n) is 2.99. The molecule has 1 unspecified atom stereocenters. The molecule has 1 aliphatic heterocycles. The number of hydrogen-bond acceptors (Lipinski definition) is 4. The SMILES string of the molecule is O=C(NCC1CCOC1)c1cccc([N+](=O)[O-])c1Br. The van der Waals surface area contributed by atoms with Crippen LogP contribution in [0.25, 0.3) is 0 Å². The predicted molar refractivity (Wildman–Crippen MR) is 72.1 cm³/mol. The molecule has 1 fully saturated rings. The molecule has 0 spiro atoms. The van der Waals surface area contributed by atoms with Crippen LogP contribution in [0.3, 0.4) is 0 Å². The zero-order chi connectivity index (χ0) is 13.8. The number of rotatable bonds is 4. The van der Waals surface area contributed by atoms with E-state index in [0.29, 0.717) is 19.1 Å². The van der Waals surface area contributed by atoms with Crippen molar-refractivity contribution < 1.29 is 14.5 Å². The molecule has 0 aliphatic carbocycles. The largest absolute Gasteiger partial charge is 0.381 e. The third kappa shape index (κ3) is 3.30. The maximum Gasteiger partial charge on any atom is 0.284 e. The van der Waals surface area contributed by atoms with Crippen molar-refractivity contribution in [1.82, 2.24) is 5.32 Å².